The van der Waals surface area contributed by atoms with Crippen molar-refractivity contribution in [3.63, 3.8) is 0 Å². The van der Waals surface area contributed by atoms with Crippen molar-refractivity contribution in [1.82, 2.24) is 30.0 Å². The summed E-state index contributed by atoms with van der Waals surface area (Å²) in [4.78, 5) is 76.8. The molecule has 37 heteroatoms. The zero-order chi connectivity index (χ0) is 80.0. The Morgan fingerprint density at radius 2 is 0.787 bits per heavy atom. The van der Waals surface area contributed by atoms with E-state index in [1.54, 1.807) is 153 Å². The zero-order valence-corrected chi connectivity index (χ0v) is 65.3. The fraction of sp³-hybridized carbons (Fsp3) is 0.507. The molecule has 3 saturated heterocycles. The molecular weight excluding hydrogens is 1490 g/mol. The summed E-state index contributed by atoms with van der Waals surface area (Å²) in [6.07, 6.45) is -6.51. The van der Waals surface area contributed by atoms with E-state index in [9.17, 15) is 73.1 Å². The predicted octanol–water partition coefficient (Wildman–Crippen LogP) is 7.02. The number of nitrogens with one attached hydrogen (secondary N) is 3. The van der Waals surface area contributed by atoms with Crippen LogP contribution in [0.15, 0.2) is 157 Å². The Balaban J connectivity index is 0.000000226. The molecule has 3 fully saturated rings. The van der Waals surface area contributed by atoms with Crippen LogP contribution in [0.4, 0.5) is 0 Å². The Kier molecular flexibility index (Phi) is 30.2. The fourth-order valence-electron chi connectivity index (χ4n) is 11.3. The maximum absolute atomic E-state index is 13.7. The number of esters is 3. The minimum absolute atomic E-state index is 0.0166. The van der Waals surface area contributed by atoms with Gasteiger partial charge in [-0.2, -0.15) is 0 Å². The third-order valence-corrected chi connectivity index (χ3v) is 23.2. The predicted molar refractivity (Wildman–Crippen MR) is 391 cm³/mol. The topological polar surface area (TPSA) is 437 Å². The summed E-state index contributed by atoms with van der Waals surface area (Å²) in [5.74, 6) is -3.76. The van der Waals surface area contributed by atoms with Crippen LogP contribution in [0.1, 0.15) is 89.3 Å². The summed E-state index contributed by atoms with van der Waals surface area (Å²) in [5.41, 5.74) is -5.87. The van der Waals surface area contributed by atoms with Gasteiger partial charge in [-0.1, -0.05) is 88.5 Å². The number of aromatic amines is 1. The molecule has 0 saturated carbocycles. The van der Waals surface area contributed by atoms with Gasteiger partial charge in [-0.15, -0.1) is 0 Å². The minimum Gasteiger partial charge on any atom is -0.463 e. The Hall–Kier alpha value is -7.72. The number of aliphatic hydroxyl groups is 6. The molecule has 108 heavy (non-hydrogen) atoms. The molecule has 1 aromatic heterocycles. The van der Waals surface area contributed by atoms with Crippen LogP contribution in [0.25, 0.3) is 0 Å². The number of aromatic nitrogens is 2. The van der Waals surface area contributed by atoms with Gasteiger partial charge >= 0.3 is 40.7 Å². The summed E-state index contributed by atoms with van der Waals surface area (Å²) in [5, 5.41) is 70.2. The molecule has 18 atom stereocenters. The first kappa shape index (κ1) is 87.5. The van der Waals surface area contributed by atoms with E-state index in [2.05, 4.69) is 28.8 Å². The van der Waals surface area contributed by atoms with Gasteiger partial charge in [0.25, 0.3) is 17.4 Å². The number of aliphatic hydroxyl groups excluding tert-OH is 3. The first-order chi connectivity index (χ1) is 50.5. The molecule has 3 aromatic carbocycles. The number of rotatable bonds is 30. The molecule has 0 spiro atoms. The lowest BCUT2D eigenvalue weighted by Crippen LogP contribution is -2.53. The summed E-state index contributed by atoms with van der Waals surface area (Å²) >= 11 is 5.15. The van der Waals surface area contributed by atoms with Gasteiger partial charge in [-0.25, -0.2) is 13.7 Å². The minimum atomic E-state index is -3.97. The van der Waals surface area contributed by atoms with E-state index in [-0.39, 0.29) is 70.5 Å². The SMILES string of the molecule is C=C1NC(=O)C=CN1[C@@H]1O[C@H](COP(=O)(C[C@@H](C)C(=O)OC(C)C)Oc2ccccc2)[C@H](O)C1(C)O.C=C1NC(=O)C=CN1[C@@H]1O[C@H](CO[P@](=O)(C[C@@H](C)C(=O)OC(C)C)Oc2ccccc2)[C@H](O)C1(C)O.CC(C)OC(=O)[C@H](C)C[P@](=O)(OC[C@H]1O[C@@H](n2ccc(=O)[nH]c2=S)C(C)(O)[C@H]1O)Oc1ccccc1. The molecule has 5 aliphatic rings. The molecule has 0 radical (unpaired) electrons. The molecule has 2 amide bonds. The number of nitrogens with zero attached hydrogens (tertiary/aromatic N) is 3. The Labute approximate surface area is 630 Å². The number of carbonyl (C=O) groups excluding carboxylic acids is 5. The van der Waals surface area contributed by atoms with Crippen molar-refractivity contribution in [2.24, 2.45) is 17.8 Å². The summed E-state index contributed by atoms with van der Waals surface area (Å²) in [6.45, 7) is 25.2. The normalized spacial score (nSPS) is 27.8. The average Bonchev–Trinajstić information content (AvgIpc) is 1.63. The third kappa shape index (κ3) is 23.4. The molecule has 594 valence electrons. The third-order valence-electron chi connectivity index (χ3n) is 16.8. The first-order valence-electron chi connectivity index (χ1n) is 34.4. The van der Waals surface area contributed by atoms with Crippen LogP contribution in [0, 0.1) is 22.5 Å². The van der Waals surface area contributed by atoms with Crippen molar-refractivity contribution in [3.05, 3.63) is 168 Å². The van der Waals surface area contributed by atoms with Crippen molar-refractivity contribution in [3.8, 4) is 17.2 Å². The van der Waals surface area contributed by atoms with Crippen LogP contribution in [-0.4, -0.2) is 202 Å². The smallest absolute Gasteiger partial charge is 0.380 e. The molecule has 9 rings (SSSR count). The van der Waals surface area contributed by atoms with Gasteiger partial charge in [0.15, 0.2) is 23.5 Å². The van der Waals surface area contributed by atoms with E-state index in [1.165, 1.54) is 72.0 Å². The Morgan fingerprint density at radius 1 is 0.500 bits per heavy atom. The van der Waals surface area contributed by atoms with Gasteiger partial charge in [0.1, 0.15) is 82.3 Å². The molecule has 0 aliphatic carbocycles. The highest BCUT2D eigenvalue weighted by atomic mass is 32.1. The number of para-hydroxylation sites is 3. The second-order valence-electron chi connectivity index (χ2n) is 27.6. The number of ether oxygens (including phenoxy) is 6. The molecule has 5 aliphatic heterocycles. The lowest BCUT2D eigenvalue weighted by molar-refractivity contribution is -0.152. The summed E-state index contributed by atoms with van der Waals surface area (Å²) < 4.78 is 110. The Bertz CT molecular complexity index is 3960. The van der Waals surface area contributed by atoms with Gasteiger partial charge in [-0.3, -0.25) is 51.9 Å². The quantitative estimate of drug-likeness (QED) is 0.0109. The number of benzene rings is 3. The standard InChI is InChI=1S/2C24H33N2O9P.C23H31N2O9PS/c2*1-15(2)33-22(29)16(3)14-36(31,35-18-9-7-6-8-10-18)32-13-19-21(28)24(5,30)23(34-19)26-12-11-20(27)25-17(26)4;1-14(2)32-20(28)15(3)13-35(30,34-16-8-6-5-7-9-16)31-12-17-19(27)23(4,29)21(33-17)25-11-10-18(26)24-22(25)36/h2*6-12,15-16,19,21,23,28,30H,4,13-14H2,1-3,5H3,(H,25,27);5-11,14-15,17,19,21,27,29H,12-13H2,1-4H3,(H,24,26,36)/t16-,19-,21+,23-,24?,36?;16-,19-,21+,23-,24?,36-;15-,17-,19+,21-,23?,35+/m111/s1. The monoisotopic (exact) mass is 1590 g/mol. The van der Waals surface area contributed by atoms with Crippen LogP contribution in [0.5, 0.6) is 17.2 Å². The summed E-state index contributed by atoms with van der Waals surface area (Å²) in [6, 6.07) is 26.2. The maximum Gasteiger partial charge on any atom is 0.380 e. The number of hydrogen-bond acceptors (Lipinski definition) is 30. The van der Waals surface area contributed by atoms with Crippen LogP contribution in [0.3, 0.4) is 0 Å². The van der Waals surface area contributed by atoms with E-state index >= 15 is 0 Å². The highest BCUT2D eigenvalue weighted by Gasteiger charge is 2.58. The molecule has 9 N–H and O–H groups in total. The van der Waals surface area contributed by atoms with E-state index in [4.69, 9.17) is 67.8 Å². The van der Waals surface area contributed by atoms with Gasteiger partial charge in [-0.05, 0) is 111 Å². The van der Waals surface area contributed by atoms with Gasteiger partial charge in [0.2, 0.25) is 0 Å². The molecule has 0 bridgehead atoms. The number of H-pyrrole nitrogens is 1. The van der Waals surface area contributed by atoms with Crippen molar-refractivity contribution in [2.75, 3.05) is 38.3 Å². The largest absolute Gasteiger partial charge is 0.463 e. The van der Waals surface area contributed by atoms with E-state index in [1.807, 2.05) is 0 Å². The van der Waals surface area contributed by atoms with Crippen LogP contribution >= 0.6 is 35.0 Å². The van der Waals surface area contributed by atoms with Crippen molar-refractivity contribution < 1.29 is 124 Å². The molecule has 4 unspecified atom stereocenters. The molecule has 4 aromatic rings. The van der Waals surface area contributed by atoms with E-state index in [0.717, 1.165) is 0 Å². The first-order valence-corrected chi connectivity index (χ1v) is 40.0. The lowest BCUT2D eigenvalue weighted by Gasteiger charge is -2.37. The van der Waals surface area contributed by atoms with Gasteiger partial charge in [0.05, 0.1) is 74.4 Å². The second-order valence-corrected chi connectivity index (χ2v) is 34.0. The Morgan fingerprint density at radius 3 is 1.06 bits per heavy atom. The number of hydrogen-bond donors (Lipinski definition) is 9. The highest BCUT2D eigenvalue weighted by molar-refractivity contribution is 7.71. The van der Waals surface area contributed by atoms with Crippen LogP contribution in [-0.2, 0) is 79.7 Å². The van der Waals surface area contributed by atoms with E-state index < -0.39 is 168 Å². The van der Waals surface area contributed by atoms with Crippen molar-refractivity contribution in [1.29, 1.82) is 0 Å². The second kappa shape index (κ2) is 37.3. The summed E-state index contributed by atoms with van der Waals surface area (Å²) in [7, 11) is -11.9. The molecule has 33 nitrogen and oxygen atoms in total. The van der Waals surface area contributed by atoms with Crippen molar-refractivity contribution in [2.45, 2.75) is 174 Å². The lowest BCUT2D eigenvalue weighted by atomic mass is 9.96. The highest BCUT2D eigenvalue weighted by Crippen LogP contribution is 2.54. The zero-order valence-electron chi connectivity index (χ0n) is 61.8. The number of carbonyl (C=O) groups is 5. The average molecular weight is 1590 g/mol. The molecule has 6 heterocycles. The van der Waals surface area contributed by atoms with Crippen LogP contribution in [0.2, 0.25) is 0 Å². The fourth-order valence-corrected chi connectivity index (χ4v) is 17.1. The van der Waals surface area contributed by atoms with E-state index in [0.29, 0.717) is 0 Å². The van der Waals surface area contributed by atoms with Gasteiger partial charge < -0.3 is 93.1 Å². The van der Waals surface area contributed by atoms with Crippen molar-refractivity contribution >= 4 is 64.7 Å². The van der Waals surface area contributed by atoms with Gasteiger partial charge in [0, 0.05) is 36.8 Å². The number of amides is 2. The van der Waals surface area contributed by atoms with Crippen LogP contribution < -0.4 is 29.8 Å². The maximum atomic E-state index is 13.7. The molecular formula is C71H97N6O27P3S.